The fraction of sp³-hybridized carbons (Fsp3) is 0.824. The van der Waals surface area contributed by atoms with Gasteiger partial charge in [-0.05, 0) is 37.5 Å². The average molecular weight is 340 g/mol. The van der Waals surface area contributed by atoms with Gasteiger partial charge in [0.15, 0.2) is 0 Å². The van der Waals surface area contributed by atoms with E-state index in [1.165, 1.54) is 31.9 Å². The first-order chi connectivity index (χ1) is 10.9. The first-order valence-electron chi connectivity index (χ1n) is 8.92. The van der Waals surface area contributed by atoms with E-state index in [4.69, 9.17) is 0 Å². The van der Waals surface area contributed by atoms with Gasteiger partial charge in [-0.25, -0.2) is 13.4 Å². The summed E-state index contributed by atoms with van der Waals surface area (Å²) in [6.07, 6.45) is 11.6. The molecule has 0 bridgehead atoms. The number of imidazole rings is 1. The quantitative estimate of drug-likeness (QED) is 0.829. The summed E-state index contributed by atoms with van der Waals surface area (Å²) >= 11 is 0. The van der Waals surface area contributed by atoms with E-state index in [0.717, 1.165) is 43.2 Å². The maximum absolute atomic E-state index is 12.2. The van der Waals surface area contributed by atoms with E-state index in [-0.39, 0.29) is 0 Å². The highest BCUT2D eigenvalue weighted by Gasteiger charge is 2.26. The topological polar surface area (TPSA) is 55.2 Å². The predicted molar refractivity (Wildman–Crippen MR) is 91.5 cm³/mol. The molecule has 1 saturated carbocycles. The lowest BCUT2D eigenvalue weighted by molar-refractivity contribution is 0.233. The molecule has 0 aromatic carbocycles. The summed E-state index contributed by atoms with van der Waals surface area (Å²) in [5.41, 5.74) is 0.899. The van der Waals surface area contributed by atoms with Gasteiger partial charge < -0.3 is 4.57 Å². The molecule has 0 N–H and O–H groups in total. The zero-order valence-electron chi connectivity index (χ0n) is 14.4. The number of rotatable bonds is 5. The van der Waals surface area contributed by atoms with Crippen LogP contribution in [-0.4, -0.2) is 35.1 Å². The van der Waals surface area contributed by atoms with Crippen molar-refractivity contribution in [3.8, 4) is 0 Å². The van der Waals surface area contributed by atoms with Gasteiger partial charge in [0.1, 0.15) is 5.82 Å². The van der Waals surface area contributed by atoms with Crippen molar-refractivity contribution in [2.45, 2.75) is 65.0 Å². The van der Waals surface area contributed by atoms with Crippen LogP contribution in [0.4, 0.5) is 0 Å². The molecule has 0 spiro atoms. The molecule has 0 saturated heterocycles. The smallest absolute Gasteiger partial charge is 0.211 e. The standard InChI is InChI=1S/C17H29N3O2S/c1-14-6-5-7-15(10-14)11-20(23(2,21)22)13-16-12-19-9-4-3-8-17(19)18-16/h12,14-15H,3-11,13H2,1-2H3/t14-,15-/m0/s1. The molecule has 0 radical (unpaired) electrons. The third-order valence-corrected chi connectivity index (χ3v) is 6.49. The van der Waals surface area contributed by atoms with Gasteiger partial charge in [0.25, 0.3) is 0 Å². The van der Waals surface area contributed by atoms with Crippen LogP contribution in [0.15, 0.2) is 6.20 Å². The van der Waals surface area contributed by atoms with Gasteiger partial charge in [0.05, 0.1) is 18.5 Å². The Balaban J connectivity index is 1.70. The van der Waals surface area contributed by atoms with Crippen molar-refractivity contribution >= 4 is 10.0 Å². The Morgan fingerprint density at radius 2 is 2.13 bits per heavy atom. The minimum Gasteiger partial charge on any atom is -0.335 e. The van der Waals surface area contributed by atoms with Crippen molar-refractivity contribution in [1.82, 2.24) is 13.9 Å². The lowest BCUT2D eigenvalue weighted by atomic mass is 9.82. The number of aromatic nitrogens is 2. The molecule has 2 atom stereocenters. The van der Waals surface area contributed by atoms with Crippen LogP contribution in [-0.2, 0) is 29.5 Å². The van der Waals surface area contributed by atoms with E-state index in [1.54, 1.807) is 4.31 Å². The molecule has 6 heteroatoms. The molecule has 2 aliphatic rings. The number of nitrogens with zero attached hydrogens (tertiary/aromatic N) is 3. The Hall–Kier alpha value is -0.880. The summed E-state index contributed by atoms with van der Waals surface area (Å²) in [6.45, 7) is 4.36. The molecular formula is C17H29N3O2S. The number of sulfonamides is 1. The third-order valence-electron chi connectivity index (χ3n) is 5.27. The van der Waals surface area contributed by atoms with Crippen LogP contribution in [0.2, 0.25) is 0 Å². The molecule has 1 fully saturated rings. The van der Waals surface area contributed by atoms with Crippen LogP contribution in [0.25, 0.3) is 0 Å². The first-order valence-corrected chi connectivity index (χ1v) is 10.8. The minimum atomic E-state index is -3.20. The Kier molecular flexibility index (Phi) is 5.11. The van der Waals surface area contributed by atoms with E-state index in [1.807, 2.05) is 0 Å². The molecule has 3 rings (SSSR count). The number of hydrogen-bond acceptors (Lipinski definition) is 3. The summed E-state index contributed by atoms with van der Waals surface area (Å²) in [6, 6.07) is 0. The van der Waals surface area contributed by atoms with Crippen molar-refractivity contribution < 1.29 is 8.42 Å². The van der Waals surface area contributed by atoms with Crippen LogP contribution in [0.3, 0.4) is 0 Å². The molecule has 1 aromatic rings. The molecule has 2 heterocycles. The lowest BCUT2D eigenvalue weighted by Gasteiger charge is -2.30. The average Bonchev–Trinajstić information content (AvgIpc) is 2.88. The molecule has 0 unspecified atom stereocenters. The number of fused-ring (bicyclic) bond motifs is 1. The van der Waals surface area contributed by atoms with Gasteiger partial charge >= 0.3 is 0 Å². The normalized spacial score (nSPS) is 25.5. The SMILES string of the molecule is C[C@H]1CCC[C@H](CN(Cc2cn3c(n2)CCCC3)S(C)(=O)=O)C1. The van der Waals surface area contributed by atoms with Gasteiger partial charge in [-0.2, -0.15) is 4.31 Å². The molecule has 1 aliphatic carbocycles. The van der Waals surface area contributed by atoms with Crippen LogP contribution < -0.4 is 0 Å². The van der Waals surface area contributed by atoms with Gasteiger partial charge in [-0.15, -0.1) is 0 Å². The second kappa shape index (κ2) is 6.93. The molecule has 1 aromatic heterocycles. The van der Waals surface area contributed by atoms with Gasteiger partial charge in [-0.3, -0.25) is 0 Å². The second-order valence-electron chi connectivity index (χ2n) is 7.49. The van der Waals surface area contributed by atoms with E-state index in [0.29, 0.717) is 19.0 Å². The highest BCUT2D eigenvalue weighted by Crippen LogP contribution is 2.30. The van der Waals surface area contributed by atoms with Crippen LogP contribution in [0.1, 0.15) is 57.0 Å². The predicted octanol–water partition coefficient (Wildman–Crippen LogP) is 2.81. The number of hydrogen-bond donors (Lipinski definition) is 0. The highest BCUT2D eigenvalue weighted by atomic mass is 32.2. The van der Waals surface area contributed by atoms with E-state index < -0.39 is 10.0 Å². The van der Waals surface area contributed by atoms with Crippen molar-refractivity contribution in [3.05, 3.63) is 17.7 Å². The largest absolute Gasteiger partial charge is 0.335 e. The Morgan fingerprint density at radius 3 is 2.83 bits per heavy atom. The molecule has 1 aliphatic heterocycles. The van der Waals surface area contributed by atoms with Crippen molar-refractivity contribution in [2.75, 3.05) is 12.8 Å². The van der Waals surface area contributed by atoms with E-state index in [2.05, 4.69) is 22.7 Å². The number of aryl methyl sites for hydroxylation is 2. The van der Waals surface area contributed by atoms with Crippen molar-refractivity contribution in [1.29, 1.82) is 0 Å². The third kappa shape index (κ3) is 4.35. The van der Waals surface area contributed by atoms with Crippen molar-refractivity contribution in [3.63, 3.8) is 0 Å². The van der Waals surface area contributed by atoms with Gasteiger partial charge in [0.2, 0.25) is 10.0 Å². The Morgan fingerprint density at radius 1 is 1.30 bits per heavy atom. The van der Waals surface area contributed by atoms with Crippen LogP contribution in [0, 0.1) is 11.8 Å². The molecule has 23 heavy (non-hydrogen) atoms. The van der Waals surface area contributed by atoms with Crippen LogP contribution in [0.5, 0.6) is 0 Å². The summed E-state index contributed by atoms with van der Waals surface area (Å²) in [5.74, 6) is 2.33. The fourth-order valence-electron chi connectivity index (χ4n) is 4.06. The van der Waals surface area contributed by atoms with Gasteiger partial charge in [-0.1, -0.05) is 19.8 Å². The van der Waals surface area contributed by atoms with E-state index in [9.17, 15) is 8.42 Å². The fourth-order valence-corrected chi connectivity index (χ4v) is 4.91. The Bertz CT molecular complexity index is 615. The Labute approximate surface area is 140 Å². The van der Waals surface area contributed by atoms with Crippen LogP contribution >= 0.6 is 0 Å². The second-order valence-corrected chi connectivity index (χ2v) is 9.47. The summed E-state index contributed by atoms with van der Waals surface area (Å²) in [4.78, 5) is 4.67. The molecular weight excluding hydrogens is 310 g/mol. The molecule has 130 valence electrons. The lowest BCUT2D eigenvalue weighted by Crippen LogP contribution is -2.35. The zero-order valence-corrected chi connectivity index (χ0v) is 15.2. The van der Waals surface area contributed by atoms with Crippen molar-refractivity contribution in [2.24, 2.45) is 11.8 Å². The summed E-state index contributed by atoms with van der Waals surface area (Å²) < 4.78 is 28.3. The van der Waals surface area contributed by atoms with Gasteiger partial charge in [0, 0.05) is 25.7 Å². The summed E-state index contributed by atoms with van der Waals surface area (Å²) in [5, 5.41) is 0. The monoisotopic (exact) mass is 339 g/mol. The maximum atomic E-state index is 12.2. The first kappa shape index (κ1) is 17.0. The maximum Gasteiger partial charge on any atom is 0.211 e. The zero-order chi connectivity index (χ0) is 16.4. The minimum absolute atomic E-state index is 0.420. The van der Waals surface area contributed by atoms with E-state index >= 15 is 0 Å². The molecule has 0 amide bonds. The molecule has 5 nitrogen and oxygen atoms in total. The highest BCUT2D eigenvalue weighted by molar-refractivity contribution is 7.88. The summed E-state index contributed by atoms with van der Waals surface area (Å²) in [7, 11) is -3.20.